The van der Waals surface area contributed by atoms with Crippen LogP contribution in [0.3, 0.4) is 0 Å². The summed E-state index contributed by atoms with van der Waals surface area (Å²) in [6.07, 6.45) is 1.78. The van der Waals surface area contributed by atoms with Crippen LogP contribution in [0.15, 0.2) is 24.4 Å². The number of halogens is 1. The van der Waals surface area contributed by atoms with E-state index in [1.165, 1.54) is 0 Å². The van der Waals surface area contributed by atoms with Crippen molar-refractivity contribution in [2.45, 2.75) is 19.5 Å². The minimum Gasteiger partial charge on any atom is -0.326 e. The Morgan fingerprint density at radius 3 is 3.07 bits per heavy atom. The van der Waals surface area contributed by atoms with Crippen molar-refractivity contribution in [1.29, 1.82) is 0 Å². The minimum atomic E-state index is 0.0945. The van der Waals surface area contributed by atoms with Crippen molar-refractivity contribution in [1.82, 2.24) is 9.78 Å². The fourth-order valence-electron chi connectivity index (χ4n) is 1.49. The first-order valence-electron chi connectivity index (χ1n) is 4.54. The van der Waals surface area contributed by atoms with Gasteiger partial charge in [-0.05, 0) is 19.1 Å². The fourth-order valence-corrected chi connectivity index (χ4v) is 1.70. The van der Waals surface area contributed by atoms with Crippen LogP contribution in [-0.4, -0.2) is 15.8 Å². The molecular weight excluding hydrogens is 198 g/mol. The van der Waals surface area contributed by atoms with Crippen LogP contribution in [0.5, 0.6) is 0 Å². The van der Waals surface area contributed by atoms with E-state index in [1.54, 1.807) is 6.20 Å². The highest BCUT2D eigenvalue weighted by atomic mass is 35.5. The number of benzene rings is 1. The Morgan fingerprint density at radius 1 is 1.57 bits per heavy atom. The van der Waals surface area contributed by atoms with E-state index < -0.39 is 0 Å². The zero-order chi connectivity index (χ0) is 10.1. The highest BCUT2D eigenvalue weighted by Crippen LogP contribution is 2.22. The van der Waals surface area contributed by atoms with Crippen LogP contribution in [0.25, 0.3) is 10.9 Å². The first kappa shape index (κ1) is 9.49. The van der Waals surface area contributed by atoms with E-state index in [1.807, 2.05) is 29.8 Å². The van der Waals surface area contributed by atoms with E-state index in [0.29, 0.717) is 6.54 Å². The normalized spacial score (nSPS) is 13.4. The molecule has 1 aromatic carbocycles. The summed E-state index contributed by atoms with van der Waals surface area (Å²) >= 11 is 6.02. The first-order chi connectivity index (χ1) is 6.68. The third-order valence-electron chi connectivity index (χ3n) is 2.10. The molecule has 0 spiro atoms. The average Bonchev–Trinajstić information content (AvgIpc) is 2.49. The Hall–Kier alpha value is -1.06. The summed E-state index contributed by atoms with van der Waals surface area (Å²) in [5.41, 5.74) is 6.76. The lowest BCUT2D eigenvalue weighted by Crippen LogP contribution is -2.22. The number of aromatic nitrogens is 2. The van der Waals surface area contributed by atoms with Gasteiger partial charge in [-0.3, -0.25) is 4.68 Å². The molecule has 1 heterocycles. The molecule has 0 radical (unpaired) electrons. The molecule has 0 fully saturated rings. The van der Waals surface area contributed by atoms with Gasteiger partial charge in [-0.15, -0.1) is 0 Å². The van der Waals surface area contributed by atoms with E-state index in [-0.39, 0.29) is 6.04 Å². The summed E-state index contributed by atoms with van der Waals surface area (Å²) in [6, 6.07) is 5.87. The molecule has 1 aromatic heterocycles. The second kappa shape index (κ2) is 3.59. The second-order valence-corrected chi connectivity index (χ2v) is 3.88. The molecule has 4 heteroatoms. The zero-order valence-electron chi connectivity index (χ0n) is 7.94. The van der Waals surface area contributed by atoms with Gasteiger partial charge in [0, 0.05) is 11.4 Å². The van der Waals surface area contributed by atoms with Crippen molar-refractivity contribution < 1.29 is 0 Å². The van der Waals surface area contributed by atoms with E-state index >= 15 is 0 Å². The van der Waals surface area contributed by atoms with Crippen LogP contribution < -0.4 is 5.73 Å². The van der Waals surface area contributed by atoms with Gasteiger partial charge >= 0.3 is 0 Å². The number of hydrogen-bond donors (Lipinski definition) is 1. The van der Waals surface area contributed by atoms with Gasteiger partial charge in [0.1, 0.15) is 0 Å². The number of nitrogens with two attached hydrogens (primary N) is 1. The quantitative estimate of drug-likeness (QED) is 0.823. The van der Waals surface area contributed by atoms with Gasteiger partial charge in [0.05, 0.1) is 23.3 Å². The SMILES string of the molecule is CC(N)Cn1ncc2c(Cl)cccc21. The molecule has 14 heavy (non-hydrogen) atoms. The largest absolute Gasteiger partial charge is 0.326 e. The molecule has 2 rings (SSSR count). The zero-order valence-corrected chi connectivity index (χ0v) is 8.70. The Kier molecular flexibility index (Phi) is 2.44. The molecule has 3 nitrogen and oxygen atoms in total. The van der Waals surface area contributed by atoms with Crippen molar-refractivity contribution in [2.75, 3.05) is 0 Å². The van der Waals surface area contributed by atoms with Crippen LogP contribution in [0.4, 0.5) is 0 Å². The summed E-state index contributed by atoms with van der Waals surface area (Å²) in [5, 5.41) is 5.96. The highest BCUT2D eigenvalue weighted by molar-refractivity contribution is 6.35. The molecule has 0 bridgehead atoms. The summed E-state index contributed by atoms with van der Waals surface area (Å²) in [6.45, 7) is 2.67. The van der Waals surface area contributed by atoms with E-state index in [4.69, 9.17) is 17.3 Å². The molecular formula is C10H12ClN3. The van der Waals surface area contributed by atoms with E-state index in [9.17, 15) is 0 Å². The molecule has 0 amide bonds. The van der Waals surface area contributed by atoms with Gasteiger partial charge < -0.3 is 5.73 Å². The Labute approximate surface area is 87.5 Å². The number of nitrogens with zero attached hydrogens (tertiary/aromatic N) is 2. The lowest BCUT2D eigenvalue weighted by molar-refractivity contribution is 0.553. The summed E-state index contributed by atoms with van der Waals surface area (Å²) in [7, 11) is 0. The Bertz CT molecular complexity index is 448. The van der Waals surface area contributed by atoms with Crippen LogP contribution in [0.1, 0.15) is 6.92 Å². The third kappa shape index (κ3) is 1.61. The Morgan fingerprint density at radius 2 is 2.36 bits per heavy atom. The van der Waals surface area contributed by atoms with Gasteiger partial charge in [0.2, 0.25) is 0 Å². The van der Waals surface area contributed by atoms with Crippen molar-refractivity contribution in [3.63, 3.8) is 0 Å². The molecule has 1 atom stereocenters. The second-order valence-electron chi connectivity index (χ2n) is 3.48. The molecule has 0 aliphatic carbocycles. The summed E-state index contributed by atoms with van der Waals surface area (Å²) < 4.78 is 1.88. The van der Waals surface area contributed by atoms with Gasteiger partial charge in [0.15, 0.2) is 0 Å². The molecule has 0 aliphatic rings. The molecule has 0 aliphatic heterocycles. The van der Waals surface area contributed by atoms with Crippen LogP contribution in [-0.2, 0) is 6.54 Å². The lowest BCUT2D eigenvalue weighted by atomic mass is 10.2. The molecule has 2 aromatic rings. The molecule has 0 saturated heterocycles. The molecule has 74 valence electrons. The van der Waals surface area contributed by atoms with E-state index in [2.05, 4.69) is 5.10 Å². The first-order valence-corrected chi connectivity index (χ1v) is 4.92. The predicted octanol–water partition coefficient (Wildman–Crippen LogP) is 2.04. The van der Waals surface area contributed by atoms with Gasteiger partial charge in [0.25, 0.3) is 0 Å². The Balaban J connectivity index is 2.52. The number of fused-ring (bicyclic) bond motifs is 1. The predicted molar refractivity (Wildman–Crippen MR) is 58.4 cm³/mol. The van der Waals surface area contributed by atoms with Gasteiger partial charge in [-0.2, -0.15) is 5.10 Å². The van der Waals surface area contributed by atoms with Crippen LogP contribution in [0, 0.1) is 0 Å². The van der Waals surface area contributed by atoms with Crippen molar-refractivity contribution in [3.8, 4) is 0 Å². The van der Waals surface area contributed by atoms with Gasteiger partial charge in [-0.25, -0.2) is 0 Å². The maximum absolute atomic E-state index is 6.02. The monoisotopic (exact) mass is 209 g/mol. The topological polar surface area (TPSA) is 43.8 Å². The van der Waals surface area contributed by atoms with Crippen molar-refractivity contribution >= 4 is 22.5 Å². The fraction of sp³-hybridized carbons (Fsp3) is 0.300. The third-order valence-corrected chi connectivity index (χ3v) is 2.42. The van der Waals surface area contributed by atoms with Crippen molar-refractivity contribution in [2.24, 2.45) is 5.73 Å². The molecule has 2 N–H and O–H groups in total. The lowest BCUT2D eigenvalue weighted by Gasteiger charge is -2.06. The number of hydrogen-bond acceptors (Lipinski definition) is 2. The smallest absolute Gasteiger partial charge is 0.0698 e. The highest BCUT2D eigenvalue weighted by Gasteiger charge is 2.06. The summed E-state index contributed by atoms with van der Waals surface area (Å²) in [5.74, 6) is 0. The summed E-state index contributed by atoms with van der Waals surface area (Å²) in [4.78, 5) is 0. The molecule has 1 unspecified atom stereocenters. The maximum atomic E-state index is 6.02. The standard InChI is InChI=1S/C10H12ClN3/c1-7(12)6-14-10-4-2-3-9(11)8(10)5-13-14/h2-5,7H,6,12H2,1H3. The van der Waals surface area contributed by atoms with E-state index in [0.717, 1.165) is 15.9 Å². The molecule has 0 saturated carbocycles. The van der Waals surface area contributed by atoms with Crippen LogP contribution >= 0.6 is 11.6 Å². The minimum absolute atomic E-state index is 0.0945. The van der Waals surface area contributed by atoms with Gasteiger partial charge in [-0.1, -0.05) is 17.7 Å². The van der Waals surface area contributed by atoms with Crippen LogP contribution in [0.2, 0.25) is 5.02 Å². The number of rotatable bonds is 2. The average molecular weight is 210 g/mol. The maximum Gasteiger partial charge on any atom is 0.0698 e. The van der Waals surface area contributed by atoms with Crippen molar-refractivity contribution in [3.05, 3.63) is 29.4 Å².